The summed E-state index contributed by atoms with van der Waals surface area (Å²) in [6, 6.07) is 0. The maximum Gasteiger partial charge on any atom is 0.0701 e. The summed E-state index contributed by atoms with van der Waals surface area (Å²) < 4.78 is 9.99. The molecule has 76 valence electrons. The molecule has 3 N–H and O–H groups in total. The van der Waals surface area contributed by atoms with Crippen LogP contribution in [0.3, 0.4) is 0 Å². The van der Waals surface area contributed by atoms with Crippen molar-refractivity contribution in [3.8, 4) is 0 Å². The SMILES string of the molecule is [NH-]CCOCCOCCN.[Yb]. The number of hydrogen-bond donors (Lipinski definition) is 1. The first kappa shape index (κ1) is 14.9. The normalized spacial score (nSPS) is 9.27. The molecule has 11 heavy (non-hydrogen) atoms. The second-order valence-corrected chi connectivity index (χ2v) is 1.76. The van der Waals surface area contributed by atoms with Crippen molar-refractivity contribution in [2.75, 3.05) is 39.5 Å². The van der Waals surface area contributed by atoms with Crippen LogP contribution >= 0.6 is 0 Å². The minimum absolute atomic E-state index is 0. The molecule has 0 aromatic heterocycles. The van der Waals surface area contributed by atoms with Crippen LogP contribution in [0.1, 0.15) is 0 Å². The summed E-state index contributed by atoms with van der Waals surface area (Å²) in [5.74, 6) is 0. The van der Waals surface area contributed by atoms with E-state index in [-0.39, 0.29) is 46.9 Å². The zero-order chi connectivity index (χ0) is 7.66. The van der Waals surface area contributed by atoms with Gasteiger partial charge in [-0.05, 0) is 0 Å². The number of nitrogens with two attached hydrogens (primary N) is 1. The van der Waals surface area contributed by atoms with Crippen LogP contribution in [0.15, 0.2) is 0 Å². The number of ether oxygens (including phenoxy) is 2. The van der Waals surface area contributed by atoms with Gasteiger partial charge in [0, 0.05) is 60.1 Å². The molecule has 0 saturated carbocycles. The van der Waals surface area contributed by atoms with Crippen molar-refractivity contribution >= 4 is 0 Å². The Bertz CT molecular complexity index is 58.5. The third-order valence-corrected chi connectivity index (χ3v) is 0.881. The molecule has 0 aliphatic heterocycles. The van der Waals surface area contributed by atoms with Crippen molar-refractivity contribution in [1.82, 2.24) is 0 Å². The van der Waals surface area contributed by atoms with Gasteiger partial charge in [-0.1, -0.05) is 0 Å². The Morgan fingerprint density at radius 2 is 1.55 bits per heavy atom. The van der Waals surface area contributed by atoms with E-state index < -0.39 is 0 Å². The molecule has 0 unspecified atom stereocenters. The van der Waals surface area contributed by atoms with E-state index in [0.717, 1.165) is 0 Å². The predicted molar refractivity (Wildman–Crippen MR) is 39.9 cm³/mol. The van der Waals surface area contributed by atoms with Gasteiger partial charge in [-0.15, -0.1) is 6.54 Å². The van der Waals surface area contributed by atoms with Crippen LogP contribution < -0.4 is 5.73 Å². The zero-order valence-corrected chi connectivity index (χ0v) is 8.12. The molecule has 0 atom stereocenters. The van der Waals surface area contributed by atoms with Gasteiger partial charge in [0.15, 0.2) is 0 Å². The monoisotopic (exact) mass is 321 g/mol. The molecule has 0 bridgehead atoms. The number of rotatable bonds is 7. The molecular weight excluding hydrogens is 305 g/mol. The van der Waals surface area contributed by atoms with Crippen molar-refractivity contribution in [1.29, 1.82) is 0 Å². The van der Waals surface area contributed by atoms with Gasteiger partial charge in [0.1, 0.15) is 0 Å². The molecule has 0 aromatic rings. The second kappa shape index (κ2) is 13.9. The Labute approximate surface area is 106 Å². The second-order valence-electron chi connectivity index (χ2n) is 1.76. The van der Waals surface area contributed by atoms with Gasteiger partial charge in [0.2, 0.25) is 0 Å². The van der Waals surface area contributed by atoms with E-state index in [2.05, 4.69) is 0 Å². The van der Waals surface area contributed by atoms with Crippen LogP contribution in [-0.2, 0) is 9.47 Å². The third-order valence-electron chi connectivity index (χ3n) is 0.881. The van der Waals surface area contributed by atoms with Gasteiger partial charge < -0.3 is 20.9 Å². The first-order valence-corrected chi connectivity index (χ1v) is 3.42. The first-order chi connectivity index (χ1) is 4.91. The maximum absolute atomic E-state index is 6.73. The summed E-state index contributed by atoms with van der Waals surface area (Å²) in [5.41, 5.74) is 11.9. The van der Waals surface area contributed by atoms with Gasteiger partial charge in [-0.3, -0.25) is 0 Å². The molecule has 0 aromatic carbocycles. The van der Waals surface area contributed by atoms with Crippen molar-refractivity contribution in [2.24, 2.45) is 5.73 Å². The number of hydrogen-bond acceptors (Lipinski definition) is 3. The average Bonchev–Trinajstić information content (AvgIpc) is 1.97. The van der Waals surface area contributed by atoms with Gasteiger partial charge in [0.05, 0.1) is 19.8 Å². The predicted octanol–water partition coefficient (Wildman–Crippen LogP) is 0.0305. The standard InChI is InChI=1S/C6H15N2O2.Yb/c7-1-3-9-5-6-10-4-2-8;/h7H,1-6,8H2;/q-1;. The molecule has 4 nitrogen and oxygen atoms in total. The van der Waals surface area contributed by atoms with Crippen LogP contribution in [0.5, 0.6) is 0 Å². The van der Waals surface area contributed by atoms with Crippen LogP contribution in [0.2, 0.25) is 0 Å². The molecule has 5 heteroatoms. The van der Waals surface area contributed by atoms with Crippen molar-refractivity contribution < 1.29 is 56.4 Å². The van der Waals surface area contributed by atoms with Crippen molar-refractivity contribution in [3.63, 3.8) is 0 Å². The molecule has 0 saturated heterocycles. The van der Waals surface area contributed by atoms with E-state index >= 15 is 0 Å². The summed E-state index contributed by atoms with van der Waals surface area (Å²) >= 11 is 0. The summed E-state index contributed by atoms with van der Waals surface area (Å²) in [7, 11) is 0. The molecule has 0 radical (unpaired) electrons. The van der Waals surface area contributed by atoms with E-state index in [1.54, 1.807) is 0 Å². The molecule has 0 fully saturated rings. The summed E-state index contributed by atoms with van der Waals surface area (Å²) in [6.45, 7) is 3.10. The largest absolute Gasteiger partial charge is 0.676 e. The minimum atomic E-state index is 0. The fraction of sp³-hybridized carbons (Fsp3) is 1.00. The maximum atomic E-state index is 6.73. The van der Waals surface area contributed by atoms with Gasteiger partial charge >= 0.3 is 0 Å². The van der Waals surface area contributed by atoms with E-state index in [9.17, 15) is 0 Å². The minimum Gasteiger partial charge on any atom is -0.676 e. The summed E-state index contributed by atoms with van der Waals surface area (Å²) in [5, 5.41) is 0. The van der Waals surface area contributed by atoms with Gasteiger partial charge in [-0.25, -0.2) is 0 Å². The van der Waals surface area contributed by atoms with Crippen molar-refractivity contribution in [2.45, 2.75) is 0 Å². The topological polar surface area (TPSA) is 68.3 Å². The Morgan fingerprint density at radius 1 is 1.00 bits per heavy atom. The molecule has 0 amide bonds. The quantitative estimate of drug-likeness (QED) is 0.673. The Balaban J connectivity index is 0. The summed E-state index contributed by atoms with van der Waals surface area (Å²) in [6.07, 6.45) is 0. The van der Waals surface area contributed by atoms with Crippen LogP contribution in [0.25, 0.3) is 5.73 Å². The molecule has 0 rings (SSSR count). The van der Waals surface area contributed by atoms with Crippen LogP contribution in [-0.4, -0.2) is 39.5 Å². The molecular formula is C6H15N2O2Yb-. The van der Waals surface area contributed by atoms with Crippen LogP contribution in [0, 0.1) is 46.9 Å². The van der Waals surface area contributed by atoms with Crippen molar-refractivity contribution in [3.05, 3.63) is 5.73 Å². The zero-order valence-electron chi connectivity index (χ0n) is 6.40. The number of nitrogens with one attached hydrogen (secondary N) is 1. The Hall–Kier alpha value is 1.36. The van der Waals surface area contributed by atoms with E-state index in [0.29, 0.717) is 39.5 Å². The summed E-state index contributed by atoms with van der Waals surface area (Å²) in [4.78, 5) is 0. The van der Waals surface area contributed by atoms with E-state index in [1.807, 2.05) is 0 Å². The fourth-order valence-electron chi connectivity index (χ4n) is 0.477. The molecule has 0 spiro atoms. The average molecular weight is 320 g/mol. The Kier molecular flexibility index (Phi) is 18.8. The first-order valence-electron chi connectivity index (χ1n) is 3.42. The third kappa shape index (κ3) is 14.2. The van der Waals surface area contributed by atoms with Gasteiger partial charge in [0.25, 0.3) is 0 Å². The molecule has 0 heterocycles. The Morgan fingerprint density at radius 3 is 2.00 bits per heavy atom. The molecule has 0 aliphatic carbocycles. The fourth-order valence-corrected chi connectivity index (χ4v) is 0.477. The molecule has 0 aliphatic rings. The van der Waals surface area contributed by atoms with E-state index in [4.69, 9.17) is 20.9 Å². The van der Waals surface area contributed by atoms with Gasteiger partial charge in [-0.2, -0.15) is 0 Å². The smallest absolute Gasteiger partial charge is 0.0701 e. The van der Waals surface area contributed by atoms with Crippen LogP contribution in [0.4, 0.5) is 0 Å². The van der Waals surface area contributed by atoms with E-state index in [1.165, 1.54) is 0 Å².